The third-order valence-corrected chi connectivity index (χ3v) is 3.06. The van der Waals surface area contributed by atoms with E-state index in [9.17, 15) is 4.79 Å². The van der Waals surface area contributed by atoms with Gasteiger partial charge in [0.1, 0.15) is 0 Å². The maximum atomic E-state index is 12.0. The average Bonchev–Trinajstić information content (AvgIpc) is 2.35. The summed E-state index contributed by atoms with van der Waals surface area (Å²) < 4.78 is 5.57. The van der Waals surface area contributed by atoms with E-state index >= 15 is 0 Å². The lowest BCUT2D eigenvalue weighted by molar-refractivity contribution is 0.0328. The molecule has 0 aromatic heterocycles. The van der Waals surface area contributed by atoms with Crippen molar-refractivity contribution in [3.63, 3.8) is 0 Å². The Morgan fingerprint density at radius 1 is 1.24 bits per heavy atom. The van der Waals surface area contributed by atoms with Gasteiger partial charge in [-0.15, -0.1) is 0 Å². The minimum atomic E-state index is -0.328. The van der Waals surface area contributed by atoms with E-state index in [0.717, 1.165) is 21.9 Å². The predicted molar refractivity (Wildman–Crippen MR) is 65.8 cm³/mol. The molecule has 0 radical (unpaired) electrons. The van der Waals surface area contributed by atoms with Crippen molar-refractivity contribution in [1.82, 2.24) is 5.32 Å². The van der Waals surface area contributed by atoms with Crippen molar-refractivity contribution >= 4 is 16.7 Å². The van der Waals surface area contributed by atoms with Crippen LogP contribution in [-0.4, -0.2) is 12.5 Å². The van der Waals surface area contributed by atoms with Crippen LogP contribution in [0.15, 0.2) is 36.4 Å². The molecule has 3 rings (SSSR count). The van der Waals surface area contributed by atoms with Crippen LogP contribution in [0, 0.1) is 0 Å². The number of benzene rings is 2. The van der Waals surface area contributed by atoms with Crippen molar-refractivity contribution in [3.8, 4) is 0 Å². The summed E-state index contributed by atoms with van der Waals surface area (Å²) in [6.07, 6.45) is -0.328. The zero-order valence-corrected chi connectivity index (χ0v) is 9.57. The zero-order valence-electron chi connectivity index (χ0n) is 9.57. The lowest BCUT2D eigenvalue weighted by Gasteiger charge is -2.26. The van der Waals surface area contributed by atoms with Crippen LogP contribution in [0.3, 0.4) is 0 Å². The largest absolute Gasteiger partial charge is 0.354 e. The van der Waals surface area contributed by atoms with Crippen molar-refractivity contribution in [1.29, 1.82) is 0 Å². The van der Waals surface area contributed by atoms with Gasteiger partial charge in [0, 0.05) is 23.1 Å². The summed E-state index contributed by atoms with van der Waals surface area (Å²) in [7, 11) is 0. The minimum Gasteiger partial charge on any atom is -0.354 e. The van der Waals surface area contributed by atoms with Crippen LogP contribution in [0.1, 0.15) is 29.1 Å². The highest BCUT2D eigenvalue weighted by atomic mass is 16.5. The van der Waals surface area contributed by atoms with Gasteiger partial charge in [-0.3, -0.25) is 4.79 Å². The number of nitrogens with one attached hydrogen (secondary N) is 1. The summed E-state index contributed by atoms with van der Waals surface area (Å²) in [6.45, 7) is 2.50. The summed E-state index contributed by atoms with van der Waals surface area (Å²) in [4.78, 5) is 12.0. The quantitative estimate of drug-likeness (QED) is 0.856. The van der Waals surface area contributed by atoms with Crippen LogP contribution in [-0.2, 0) is 4.74 Å². The Hall–Kier alpha value is -1.87. The van der Waals surface area contributed by atoms with E-state index in [4.69, 9.17) is 4.74 Å². The normalized spacial score (nSPS) is 18.2. The van der Waals surface area contributed by atoms with Gasteiger partial charge >= 0.3 is 0 Å². The van der Waals surface area contributed by atoms with Gasteiger partial charge in [0.05, 0.1) is 0 Å². The second-order valence-corrected chi connectivity index (χ2v) is 4.06. The molecule has 3 heteroatoms. The van der Waals surface area contributed by atoms with Crippen LogP contribution >= 0.6 is 0 Å². The topological polar surface area (TPSA) is 38.3 Å². The summed E-state index contributed by atoms with van der Waals surface area (Å²) in [5, 5.41) is 4.97. The molecule has 1 N–H and O–H groups in total. The van der Waals surface area contributed by atoms with Crippen LogP contribution in [0.2, 0.25) is 0 Å². The number of ether oxygens (including phenoxy) is 1. The van der Waals surface area contributed by atoms with Gasteiger partial charge in [0.25, 0.3) is 5.91 Å². The van der Waals surface area contributed by atoms with Crippen LogP contribution < -0.4 is 5.32 Å². The smallest absolute Gasteiger partial charge is 0.254 e. The lowest BCUT2D eigenvalue weighted by Crippen LogP contribution is -2.34. The SMILES string of the molecule is CCOC1NC(=O)c2cccc3cccc1c23. The lowest BCUT2D eigenvalue weighted by atomic mass is 9.95. The van der Waals surface area contributed by atoms with E-state index in [1.165, 1.54) is 0 Å². The third-order valence-electron chi connectivity index (χ3n) is 3.06. The van der Waals surface area contributed by atoms with E-state index in [2.05, 4.69) is 5.32 Å². The van der Waals surface area contributed by atoms with E-state index in [0.29, 0.717) is 6.61 Å². The molecule has 0 spiro atoms. The predicted octanol–water partition coefficient (Wildman–Crippen LogP) is 2.62. The van der Waals surface area contributed by atoms with Crippen molar-refractivity contribution in [2.45, 2.75) is 13.2 Å². The Balaban J connectivity index is 2.30. The Bertz CT molecular complexity index is 587. The summed E-state index contributed by atoms with van der Waals surface area (Å²) in [5.74, 6) is -0.0623. The average molecular weight is 227 g/mol. The van der Waals surface area contributed by atoms with E-state index in [1.54, 1.807) is 0 Å². The summed E-state index contributed by atoms with van der Waals surface area (Å²) in [5.41, 5.74) is 1.77. The molecule has 0 aliphatic carbocycles. The first kappa shape index (κ1) is 10.3. The molecule has 1 amide bonds. The Labute approximate surface area is 99.4 Å². The molecule has 3 nitrogen and oxygen atoms in total. The Kier molecular flexibility index (Phi) is 2.34. The van der Waals surface area contributed by atoms with Gasteiger partial charge in [0.15, 0.2) is 6.23 Å². The van der Waals surface area contributed by atoms with Gasteiger partial charge in [-0.05, 0) is 18.4 Å². The van der Waals surface area contributed by atoms with Crippen LogP contribution in [0.4, 0.5) is 0 Å². The van der Waals surface area contributed by atoms with E-state index in [1.807, 2.05) is 43.3 Å². The molecule has 86 valence electrons. The van der Waals surface area contributed by atoms with Crippen molar-refractivity contribution < 1.29 is 9.53 Å². The van der Waals surface area contributed by atoms with Gasteiger partial charge in [-0.25, -0.2) is 0 Å². The molecule has 17 heavy (non-hydrogen) atoms. The number of hydrogen-bond acceptors (Lipinski definition) is 2. The molecule has 0 bridgehead atoms. The second-order valence-electron chi connectivity index (χ2n) is 4.06. The fourth-order valence-corrected chi connectivity index (χ4v) is 2.35. The van der Waals surface area contributed by atoms with E-state index in [-0.39, 0.29) is 12.1 Å². The molecule has 1 heterocycles. The minimum absolute atomic E-state index is 0.0623. The fourth-order valence-electron chi connectivity index (χ4n) is 2.35. The molecule has 2 aromatic rings. The van der Waals surface area contributed by atoms with Crippen LogP contribution in [0.5, 0.6) is 0 Å². The molecule has 1 atom stereocenters. The molecule has 0 fully saturated rings. The summed E-state index contributed by atoms with van der Waals surface area (Å²) >= 11 is 0. The first-order chi connectivity index (χ1) is 8.31. The van der Waals surface area contributed by atoms with Gasteiger partial charge in [-0.2, -0.15) is 0 Å². The number of carbonyl (C=O) groups excluding carboxylic acids is 1. The maximum absolute atomic E-state index is 12.0. The van der Waals surface area contributed by atoms with E-state index < -0.39 is 0 Å². The number of carbonyl (C=O) groups is 1. The first-order valence-electron chi connectivity index (χ1n) is 5.75. The number of amides is 1. The summed E-state index contributed by atoms with van der Waals surface area (Å²) in [6, 6.07) is 11.8. The zero-order chi connectivity index (χ0) is 11.8. The van der Waals surface area contributed by atoms with Crippen LogP contribution in [0.25, 0.3) is 10.8 Å². The van der Waals surface area contributed by atoms with Crippen molar-refractivity contribution in [2.75, 3.05) is 6.61 Å². The standard InChI is InChI=1S/C14H13NO2/c1-2-17-14-11-8-4-6-9-5-3-7-10(12(9)11)13(16)15-14/h3-8,14H,2H2,1H3,(H,15,16). The first-order valence-corrected chi connectivity index (χ1v) is 5.75. The molecule has 0 saturated heterocycles. The molecule has 2 aromatic carbocycles. The van der Waals surface area contributed by atoms with Gasteiger partial charge in [-0.1, -0.05) is 30.3 Å². The van der Waals surface area contributed by atoms with Gasteiger partial charge < -0.3 is 10.1 Å². The Morgan fingerprint density at radius 3 is 2.76 bits per heavy atom. The molecule has 1 aliphatic heterocycles. The van der Waals surface area contributed by atoms with Crippen molar-refractivity contribution in [3.05, 3.63) is 47.5 Å². The molecule has 1 unspecified atom stereocenters. The maximum Gasteiger partial charge on any atom is 0.254 e. The molecule has 1 aliphatic rings. The monoisotopic (exact) mass is 227 g/mol. The number of hydrogen-bond donors (Lipinski definition) is 1. The van der Waals surface area contributed by atoms with Gasteiger partial charge in [0.2, 0.25) is 0 Å². The number of rotatable bonds is 2. The molecular formula is C14H13NO2. The highest BCUT2D eigenvalue weighted by molar-refractivity contribution is 6.10. The third kappa shape index (κ3) is 1.51. The highest BCUT2D eigenvalue weighted by Gasteiger charge is 2.26. The fraction of sp³-hybridized carbons (Fsp3) is 0.214. The molecule has 0 saturated carbocycles. The van der Waals surface area contributed by atoms with Crippen molar-refractivity contribution in [2.24, 2.45) is 0 Å². The Morgan fingerprint density at radius 2 is 2.00 bits per heavy atom. The second kappa shape index (κ2) is 3.86. The molecular weight excluding hydrogens is 214 g/mol. The highest BCUT2D eigenvalue weighted by Crippen LogP contribution is 2.31.